The number of aliphatic imine (C=N–C) groups is 1. The van der Waals surface area contributed by atoms with Gasteiger partial charge in [-0.05, 0) is 31.6 Å². The lowest BCUT2D eigenvalue weighted by molar-refractivity contribution is 0.0279. The van der Waals surface area contributed by atoms with E-state index < -0.39 is 0 Å². The van der Waals surface area contributed by atoms with Gasteiger partial charge in [0.15, 0.2) is 0 Å². The summed E-state index contributed by atoms with van der Waals surface area (Å²) in [6.45, 7) is 0.819. The second-order valence-electron chi connectivity index (χ2n) is 4.40. The SMILES string of the molecule is NC1=NCC2(CC3CCC2C3)O1. The third kappa shape index (κ3) is 0.692. The lowest BCUT2D eigenvalue weighted by atomic mass is 9.84. The van der Waals surface area contributed by atoms with Crippen LogP contribution >= 0.6 is 0 Å². The van der Waals surface area contributed by atoms with E-state index in [1.165, 1.54) is 25.7 Å². The molecular weight excluding hydrogens is 152 g/mol. The van der Waals surface area contributed by atoms with Crippen LogP contribution in [0.2, 0.25) is 0 Å². The van der Waals surface area contributed by atoms with Gasteiger partial charge < -0.3 is 10.5 Å². The van der Waals surface area contributed by atoms with Gasteiger partial charge in [-0.15, -0.1) is 0 Å². The van der Waals surface area contributed by atoms with Crippen LogP contribution in [0, 0.1) is 11.8 Å². The van der Waals surface area contributed by atoms with Crippen molar-refractivity contribution in [3.05, 3.63) is 0 Å². The summed E-state index contributed by atoms with van der Waals surface area (Å²) in [6.07, 6.45) is 5.27. The van der Waals surface area contributed by atoms with Crippen LogP contribution in [0.4, 0.5) is 0 Å². The molecule has 0 amide bonds. The number of fused-ring (bicyclic) bond motifs is 3. The second kappa shape index (κ2) is 1.95. The maximum atomic E-state index is 5.67. The van der Waals surface area contributed by atoms with E-state index in [0.29, 0.717) is 6.02 Å². The van der Waals surface area contributed by atoms with Crippen molar-refractivity contribution in [3.63, 3.8) is 0 Å². The first-order valence-electron chi connectivity index (χ1n) is 4.77. The Balaban J connectivity index is 1.86. The molecule has 3 nitrogen and oxygen atoms in total. The van der Waals surface area contributed by atoms with E-state index >= 15 is 0 Å². The quantitative estimate of drug-likeness (QED) is 0.581. The molecule has 2 bridgehead atoms. The summed E-state index contributed by atoms with van der Waals surface area (Å²) >= 11 is 0. The number of amidine groups is 1. The smallest absolute Gasteiger partial charge is 0.282 e. The van der Waals surface area contributed by atoms with E-state index in [1.54, 1.807) is 0 Å². The molecule has 0 saturated heterocycles. The van der Waals surface area contributed by atoms with Crippen LogP contribution in [0.1, 0.15) is 25.7 Å². The lowest BCUT2D eigenvalue weighted by Crippen LogP contribution is -2.40. The Labute approximate surface area is 72.0 Å². The van der Waals surface area contributed by atoms with Crippen molar-refractivity contribution in [3.8, 4) is 0 Å². The highest BCUT2D eigenvalue weighted by molar-refractivity contribution is 5.73. The van der Waals surface area contributed by atoms with Crippen molar-refractivity contribution in [1.29, 1.82) is 0 Å². The molecule has 3 rings (SSSR count). The molecule has 3 heteroatoms. The summed E-state index contributed by atoms with van der Waals surface area (Å²) in [5.74, 6) is 1.64. The molecular formula is C9H14N2O. The summed E-state index contributed by atoms with van der Waals surface area (Å²) in [6, 6.07) is 0.419. The van der Waals surface area contributed by atoms with Crippen molar-refractivity contribution in [2.24, 2.45) is 22.6 Å². The molecule has 12 heavy (non-hydrogen) atoms. The average Bonchev–Trinajstić information content (AvgIpc) is 2.67. The van der Waals surface area contributed by atoms with Gasteiger partial charge >= 0.3 is 0 Å². The number of hydrogen-bond donors (Lipinski definition) is 1. The maximum Gasteiger partial charge on any atom is 0.282 e. The normalized spacial score (nSPS) is 49.8. The van der Waals surface area contributed by atoms with Crippen LogP contribution in [-0.4, -0.2) is 18.2 Å². The van der Waals surface area contributed by atoms with Crippen molar-refractivity contribution in [2.45, 2.75) is 31.3 Å². The van der Waals surface area contributed by atoms with Crippen molar-refractivity contribution in [1.82, 2.24) is 0 Å². The molecule has 3 unspecified atom stereocenters. The van der Waals surface area contributed by atoms with Crippen LogP contribution < -0.4 is 5.73 Å². The Morgan fingerprint density at radius 2 is 2.42 bits per heavy atom. The lowest BCUT2D eigenvalue weighted by Gasteiger charge is -2.31. The first-order valence-corrected chi connectivity index (χ1v) is 4.77. The molecule has 0 aromatic rings. The van der Waals surface area contributed by atoms with Crippen LogP contribution in [0.15, 0.2) is 4.99 Å². The molecule has 1 heterocycles. The van der Waals surface area contributed by atoms with Crippen molar-refractivity contribution >= 4 is 6.02 Å². The summed E-state index contributed by atoms with van der Waals surface area (Å²) in [7, 11) is 0. The van der Waals surface area contributed by atoms with Gasteiger partial charge in [0, 0.05) is 5.92 Å². The van der Waals surface area contributed by atoms with Gasteiger partial charge in [-0.1, -0.05) is 0 Å². The first-order chi connectivity index (χ1) is 5.78. The van der Waals surface area contributed by atoms with Gasteiger partial charge in [0.2, 0.25) is 0 Å². The molecule has 2 N–H and O–H groups in total. The zero-order valence-electron chi connectivity index (χ0n) is 7.12. The number of nitrogens with zero attached hydrogens (tertiary/aromatic N) is 1. The van der Waals surface area contributed by atoms with Gasteiger partial charge in [0.05, 0.1) is 6.54 Å². The molecule has 66 valence electrons. The second-order valence-corrected chi connectivity index (χ2v) is 4.40. The molecule has 1 spiro atoms. The van der Waals surface area contributed by atoms with E-state index in [4.69, 9.17) is 10.5 Å². The minimum atomic E-state index is 0.0486. The van der Waals surface area contributed by atoms with Gasteiger partial charge in [0.25, 0.3) is 6.02 Å². The summed E-state index contributed by atoms with van der Waals surface area (Å²) in [5, 5.41) is 0. The van der Waals surface area contributed by atoms with Crippen LogP contribution in [0.25, 0.3) is 0 Å². The predicted octanol–water partition coefficient (Wildman–Crippen LogP) is 0.890. The third-order valence-electron chi connectivity index (χ3n) is 3.73. The molecule has 1 aliphatic heterocycles. The molecule has 2 saturated carbocycles. The highest BCUT2D eigenvalue weighted by Gasteiger charge is 2.54. The molecule has 0 aromatic carbocycles. The standard InChI is InChI=1S/C9H14N2O/c10-8-11-5-9(12-8)4-6-1-2-7(9)3-6/h6-7H,1-5H2,(H2,10,11). The van der Waals surface area contributed by atoms with Crippen molar-refractivity contribution < 1.29 is 4.74 Å². The first kappa shape index (κ1) is 6.75. The fraction of sp³-hybridized carbons (Fsp3) is 0.889. The molecule has 3 aliphatic rings. The van der Waals surface area contributed by atoms with Gasteiger partial charge in [-0.25, -0.2) is 4.99 Å². The average molecular weight is 166 g/mol. The Hall–Kier alpha value is -0.730. The van der Waals surface area contributed by atoms with E-state index in [1.807, 2.05) is 0 Å². The molecule has 0 radical (unpaired) electrons. The van der Waals surface area contributed by atoms with E-state index in [-0.39, 0.29) is 5.60 Å². The molecule has 2 fully saturated rings. The predicted molar refractivity (Wildman–Crippen MR) is 45.8 cm³/mol. The number of ether oxygens (including phenoxy) is 1. The maximum absolute atomic E-state index is 5.67. The van der Waals surface area contributed by atoms with Gasteiger partial charge in [-0.3, -0.25) is 0 Å². The van der Waals surface area contributed by atoms with Gasteiger partial charge in [0.1, 0.15) is 5.60 Å². The highest BCUT2D eigenvalue weighted by atomic mass is 16.5. The fourth-order valence-corrected chi connectivity index (χ4v) is 3.20. The minimum absolute atomic E-state index is 0.0486. The van der Waals surface area contributed by atoms with Crippen LogP contribution in [0.5, 0.6) is 0 Å². The topological polar surface area (TPSA) is 47.6 Å². The molecule has 0 aromatic heterocycles. The zero-order chi connectivity index (χ0) is 8.18. The molecule has 2 aliphatic carbocycles. The number of nitrogens with two attached hydrogens (primary N) is 1. The minimum Gasteiger partial charge on any atom is -0.457 e. The Morgan fingerprint density at radius 1 is 1.50 bits per heavy atom. The highest BCUT2D eigenvalue weighted by Crippen LogP contribution is 2.53. The van der Waals surface area contributed by atoms with E-state index in [2.05, 4.69) is 4.99 Å². The number of hydrogen-bond acceptors (Lipinski definition) is 3. The zero-order valence-corrected chi connectivity index (χ0v) is 7.12. The van der Waals surface area contributed by atoms with Crippen LogP contribution in [0.3, 0.4) is 0 Å². The fourth-order valence-electron chi connectivity index (χ4n) is 3.20. The Kier molecular flexibility index (Phi) is 1.10. The molecule has 3 atom stereocenters. The van der Waals surface area contributed by atoms with Crippen LogP contribution in [-0.2, 0) is 4.74 Å². The summed E-state index contributed by atoms with van der Waals surface area (Å²) < 4.78 is 5.67. The Morgan fingerprint density at radius 3 is 2.92 bits per heavy atom. The van der Waals surface area contributed by atoms with Crippen molar-refractivity contribution in [2.75, 3.05) is 6.54 Å². The largest absolute Gasteiger partial charge is 0.457 e. The van der Waals surface area contributed by atoms with E-state index in [0.717, 1.165) is 18.4 Å². The monoisotopic (exact) mass is 166 g/mol. The van der Waals surface area contributed by atoms with Gasteiger partial charge in [-0.2, -0.15) is 0 Å². The summed E-state index contributed by atoms with van der Waals surface area (Å²) in [5.41, 5.74) is 5.60. The third-order valence-corrected chi connectivity index (χ3v) is 3.73. The Bertz CT molecular complexity index is 251. The van der Waals surface area contributed by atoms with E-state index in [9.17, 15) is 0 Å². The summed E-state index contributed by atoms with van der Waals surface area (Å²) in [4.78, 5) is 4.16. The number of rotatable bonds is 0.